The summed E-state index contributed by atoms with van der Waals surface area (Å²) in [7, 11) is 1.14. The minimum atomic E-state index is -1.56. The molecule has 0 saturated carbocycles. The van der Waals surface area contributed by atoms with Gasteiger partial charge in [-0.15, -0.1) is 0 Å². The average molecular weight is 347 g/mol. The number of carbonyl (C=O) groups excluding carboxylic acids is 2. The molecule has 0 saturated heterocycles. The highest BCUT2D eigenvalue weighted by Gasteiger charge is 2.25. The van der Waals surface area contributed by atoms with E-state index in [1.54, 1.807) is 20.8 Å². The molecule has 0 radical (unpaired) electrons. The molecule has 134 valence electrons. The lowest BCUT2D eigenvalue weighted by Crippen LogP contribution is -2.44. The fourth-order valence-corrected chi connectivity index (χ4v) is 1.90. The van der Waals surface area contributed by atoms with Crippen LogP contribution in [0.5, 0.6) is 0 Å². The van der Waals surface area contributed by atoms with Crippen molar-refractivity contribution in [3.05, 3.63) is 35.1 Å². The Morgan fingerprint density at radius 3 is 2.17 bits per heavy atom. The Hall–Kier alpha value is -2.25. The van der Waals surface area contributed by atoms with Crippen molar-refractivity contribution in [2.24, 2.45) is 0 Å². The van der Waals surface area contributed by atoms with Crippen molar-refractivity contribution in [2.45, 2.75) is 45.3 Å². The number of ether oxygens (including phenoxy) is 2. The Labute approximate surface area is 138 Å². The van der Waals surface area contributed by atoms with Gasteiger partial charge in [-0.3, -0.25) is 0 Å². The number of nitrogens with one attached hydrogen (secondary N) is 1. The number of amides is 1. The van der Waals surface area contributed by atoms with E-state index in [0.29, 0.717) is 0 Å². The van der Waals surface area contributed by atoms with Gasteiger partial charge in [-0.05, 0) is 51.3 Å². The third kappa shape index (κ3) is 6.10. The van der Waals surface area contributed by atoms with Gasteiger partial charge in [0.25, 0.3) is 0 Å². The zero-order valence-corrected chi connectivity index (χ0v) is 13.9. The number of esters is 1. The van der Waals surface area contributed by atoms with Gasteiger partial charge in [0.2, 0.25) is 0 Å². The molecule has 1 rings (SSSR count). The Balaban J connectivity index is 2.77. The quantitative estimate of drug-likeness (QED) is 0.657. The molecule has 0 heterocycles. The van der Waals surface area contributed by atoms with Crippen molar-refractivity contribution >= 4 is 12.1 Å². The zero-order chi connectivity index (χ0) is 18.5. The van der Waals surface area contributed by atoms with Gasteiger partial charge in [-0.25, -0.2) is 22.8 Å². The van der Waals surface area contributed by atoms with Crippen LogP contribution in [0.4, 0.5) is 18.0 Å². The lowest BCUT2D eigenvalue weighted by molar-refractivity contribution is -0.143. The third-order valence-corrected chi connectivity index (χ3v) is 2.94. The minimum absolute atomic E-state index is 0.00354. The van der Waals surface area contributed by atoms with Crippen LogP contribution in [0.2, 0.25) is 0 Å². The molecule has 1 aromatic carbocycles. The lowest BCUT2D eigenvalue weighted by Gasteiger charge is -2.22. The number of alkyl carbamates (subject to hydrolysis) is 1. The van der Waals surface area contributed by atoms with Crippen LogP contribution in [-0.2, 0) is 20.7 Å². The molecule has 8 heteroatoms. The van der Waals surface area contributed by atoms with Crippen molar-refractivity contribution < 1.29 is 32.2 Å². The van der Waals surface area contributed by atoms with E-state index in [1.165, 1.54) is 0 Å². The smallest absolute Gasteiger partial charge is 0.408 e. The van der Waals surface area contributed by atoms with Gasteiger partial charge in [0, 0.05) is 0 Å². The molecule has 0 fully saturated rings. The fraction of sp³-hybridized carbons (Fsp3) is 0.500. The number of carbonyl (C=O) groups is 2. The van der Waals surface area contributed by atoms with Crippen LogP contribution in [0, 0.1) is 17.5 Å². The minimum Gasteiger partial charge on any atom is -0.467 e. The molecule has 0 aliphatic rings. The Bertz CT molecular complexity index is 591. The SMILES string of the molecule is COC(=O)C(CCc1cc(F)c(F)c(F)c1)NC(=O)OC(C)(C)C. The highest BCUT2D eigenvalue weighted by atomic mass is 19.2. The summed E-state index contributed by atoms with van der Waals surface area (Å²) in [6.07, 6.45) is -0.811. The van der Waals surface area contributed by atoms with Crippen LogP contribution >= 0.6 is 0 Å². The van der Waals surface area contributed by atoms with Crippen molar-refractivity contribution in [2.75, 3.05) is 7.11 Å². The number of halogens is 3. The van der Waals surface area contributed by atoms with Gasteiger partial charge in [0.1, 0.15) is 11.6 Å². The van der Waals surface area contributed by atoms with Gasteiger partial charge in [0.15, 0.2) is 17.5 Å². The third-order valence-electron chi connectivity index (χ3n) is 2.94. The summed E-state index contributed by atoms with van der Waals surface area (Å²) < 4.78 is 48.9. The van der Waals surface area contributed by atoms with E-state index in [2.05, 4.69) is 10.1 Å². The van der Waals surface area contributed by atoms with E-state index in [-0.39, 0.29) is 18.4 Å². The molecule has 1 amide bonds. The molecular formula is C16H20F3NO4. The van der Waals surface area contributed by atoms with E-state index in [4.69, 9.17) is 4.74 Å². The van der Waals surface area contributed by atoms with Crippen LogP contribution in [0.3, 0.4) is 0 Å². The van der Waals surface area contributed by atoms with Crippen LogP contribution in [-0.4, -0.2) is 30.8 Å². The average Bonchev–Trinajstić information content (AvgIpc) is 2.46. The summed E-state index contributed by atoms with van der Waals surface area (Å²) in [5.41, 5.74) is -0.611. The zero-order valence-electron chi connectivity index (χ0n) is 13.9. The fourth-order valence-electron chi connectivity index (χ4n) is 1.90. The first-order valence-corrected chi connectivity index (χ1v) is 7.24. The molecule has 0 bridgehead atoms. The molecule has 5 nitrogen and oxygen atoms in total. The first-order chi connectivity index (χ1) is 11.0. The lowest BCUT2D eigenvalue weighted by atomic mass is 10.0. The van der Waals surface area contributed by atoms with Crippen LogP contribution < -0.4 is 5.32 Å². The van der Waals surface area contributed by atoms with Crippen molar-refractivity contribution in [3.63, 3.8) is 0 Å². The number of hydrogen-bond donors (Lipinski definition) is 1. The number of rotatable bonds is 5. The largest absolute Gasteiger partial charge is 0.467 e. The molecule has 1 unspecified atom stereocenters. The summed E-state index contributed by atoms with van der Waals surface area (Å²) in [6.45, 7) is 4.97. The molecule has 0 aliphatic heterocycles. The molecule has 24 heavy (non-hydrogen) atoms. The number of benzene rings is 1. The maximum Gasteiger partial charge on any atom is 0.408 e. The number of methoxy groups -OCH3 is 1. The van der Waals surface area contributed by atoms with Gasteiger partial charge in [-0.1, -0.05) is 0 Å². The van der Waals surface area contributed by atoms with Gasteiger partial charge < -0.3 is 14.8 Å². The predicted molar refractivity (Wildman–Crippen MR) is 79.8 cm³/mol. The van der Waals surface area contributed by atoms with Gasteiger partial charge in [-0.2, -0.15) is 0 Å². The number of aryl methyl sites for hydroxylation is 1. The van der Waals surface area contributed by atoms with Crippen molar-refractivity contribution in [3.8, 4) is 0 Å². The summed E-state index contributed by atoms with van der Waals surface area (Å²) >= 11 is 0. The van der Waals surface area contributed by atoms with Gasteiger partial charge in [0.05, 0.1) is 7.11 Å². The highest BCUT2D eigenvalue weighted by molar-refractivity contribution is 5.81. The van der Waals surface area contributed by atoms with E-state index < -0.39 is 41.2 Å². The maximum atomic E-state index is 13.2. The second-order valence-corrected chi connectivity index (χ2v) is 6.13. The molecule has 0 aromatic heterocycles. The molecule has 0 aliphatic carbocycles. The van der Waals surface area contributed by atoms with E-state index in [9.17, 15) is 22.8 Å². The van der Waals surface area contributed by atoms with Crippen LogP contribution in [0.25, 0.3) is 0 Å². The summed E-state index contributed by atoms with van der Waals surface area (Å²) in [5, 5.41) is 2.34. The summed E-state index contributed by atoms with van der Waals surface area (Å²) in [4.78, 5) is 23.5. The normalized spacial score (nSPS) is 12.5. The van der Waals surface area contributed by atoms with Crippen molar-refractivity contribution in [1.29, 1.82) is 0 Å². The van der Waals surface area contributed by atoms with E-state index in [1.807, 2.05) is 0 Å². The topological polar surface area (TPSA) is 64.6 Å². The Morgan fingerprint density at radius 1 is 1.17 bits per heavy atom. The Kier molecular flexibility index (Phi) is 6.62. The van der Waals surface area contributed by atoms with E-state index >= 15 is 0 Å². The summed E-state index contributed by atoms with van der Waals surface area (Å²) in [5.74, 6) is -4.93. The first-order valence-electron chi connectivity index (χ1n) is 7.24. The predicted octanol–water partition coefficient (Wildman–Crippen LogP) is 3.10. The molecule has 1 N–H and O–H groups in total. The van der Waals surface area contributed by atoms with Crippen LogP contribution in [0.15, 0.2) is 12.1 Å². The maximum absolute atomic E-state index is 13.2. The first kappa shape index (κ1) is 19.8. The molecule has 1 aromatic rings. The molecule has 0 spiro atoms. The highest BCUT2D eigenvalue weighted by Crippen LogP contribution is 2.16. The van der Waals surface area contributed by atoms with E-state index in [0.717, 1.165) is 19.2 Å². The second-order valence-electron chi connectivity index (χ2n) is 6.13. The standard InChI is InChI=1S/C16H20F3NO4/c1-16(2,3)24-15(22)20-12(14(21)23-4)6-5-9-7-10(17)13(19)11(18)8-9/h7-8,12H,5-6H2,1-4H3,(H,20,22). The molecular weight excluding hydrogens is 327 g/mol. The monoisotopic (exact) mass is 347 g/mol. The van der Waals surface area contributed by atoms with Gasteiger partial charge >= 0.3 is 12.1 Å². The second kappa shape index (κ2) is 8.03. The molecule has 1 atom stereocenters. The Morgan fingerprint density at radius 2 is 1.71 bits per heavy atom. The van der Waals surface area contributed by atoms with Crippen LogP contribution in [0.1, 0.15) is 32.8 Å². The summed E-state index contributed by atoms with van der Waals surface area (Å²) in [6, 6.07) is 0.599. The number of hydrogen-bond acceptors (Lipinski definition) is 4. The van der Waals surface area contributed by atoms with Crippen molar-refractivity contribution in [1.82, 2.24) is 5.32 Å².